The van der Waals surface area contributed by atoms with Crippen molar-refractivity contribution in [3.8, 4) is 17.4 Å². The molecule has 0 aliphatic heterocycles. The van der Waals surface area contributed by atoms with Crippen LogP contribution in [0.3, 0.4) is 0 Å². The molecule has 136 valence electrons. The molecule has 0 unspecified atom stereocenters. The number of nitrogens with zero attached hydrogens (tertiary/aromatic N) is 2. The van der Waals surface area contributed by atoms with Crippen LogP contribution in [0, 0.1) is 18.8 Å². The minimum absolute atomic E-state index is 0.0929. The van der Waals surface area contributed by atoms with E-state index in [0.29, 0.717) is 36.5 Å². The highest BCUT2D eigenvalue weighted by Gasteiger charge is 2.20. The average Bonchev–Trinajstić information content (AvgIpc) is 2.95. The van der Waals surface area contributed by atoms with Crippen LogP contribution in [0.25, 0.3) is 10.9 Å². The Balaban J connectivity index is 1.80. The predicted octanol–water partition coefficient (Wildman–Crippen LogP) is 4.84. The fraction of sp³-hybridized carbons (Fsp3) is 0.300. The van der Waals surface area contributed by atoms with Gasteiger partial charge < -0.3 is 19.1 Å². The van der Waals surface area contributed by atoms with Gasteiger partial charge in [-0.25, -0.2) is 0 Å². The molecular weight excluding hydrogens is 332 g/mol. The molecule has 2 aromatic carbocycles. The van der Waals surface area contributed by atoms with Crippen LogP contribution in [-0.4, -0.2) is 23.4 Å². The van der Waals surface area contributed by atoms with Crippen molar-refractivity contribution in [2.24, 2.45) is 5.18 Å². The first-order valence-electron chi connectivity index (χ1n) is 8.49. The maximum atomic E-state index is 11.2. The van der Waals surface area contributed by atoms with Gasteiger partial charge in [0.05, 0.1) is 19.2 Å². The van der Waals surface area contributed by atoms with Gasteiger partial charge in [-0.05, 0) is 48.7 Å². The Labute approximate surface area is 151 Å². The van der Waals surface area contributed by atoms with Crippen molar-refractivity contribution in [2.75, 3.05) is 13.7 Å². The first-order valence-corrected chi connectivity index (χ1v) is 8.49. The van der Waals surface area contributed by atoms with E-state index < -0.39 is 0 Å². The molecule has 0 amide bonds. The molecule has 1 heterocycles. The molecule has 0 fully saturated rings. The Morgan fingerprint density at radius 2 is 1.77 bits per heavy atom. The number of aromatic hydroxyl groups is 1. The number of para-hydroxylation sites is 2. The van der Waals surface area contributed by atoms with Gasteiger partial charge >= 0.3 is 0 Å². The van der Waals surface area contributed by atoms with Gasteiger partial charge in [-0.3, -0.25) is 0 Å². The van der Waals surface area contributed by atoms with E-state index in [2.05, 4.69) is 5.18 Å². The zero-order valence-corrected chi connectivity index (χ0v) is 15.2. The van der Waals surface area contributed by atoms with Crippen LogP contribution < -0.4 is 9.47 Å². The van der Waals surface area contributed by atoms with E-state index in [-0.39, 0.29) is 11.6 Å². The largest absolute Gasteiger partial charge is 0.493 e. The first kappa shape index (κ1) is 17.8. The Hall–Kier alpha value is -3.02. The average molecular weight is 354 g/mol. The number of methoxy groups -OCH3 is 1. The number of benzene rings is 2. The summed E-state index contributed by atoms with van der Waals surface area (Å²) in [5, 5.41) is 14.2. The summed E-state index contributed by atoms with van der Waals surface area (Å²) < 4.78 is 12.8. The lowest BCUT2D eigenvalue weighted by Gasteiger charge is -2.12. The number of ether oxygens (including phenoxy) is 2. The molecule has 1 aromatic heterocycles. The van der Waals surface area contributed by atoms with Crippen molar-refractivity contribution in [1.82, 2.24) is 4.57 Å². The number of aromatic nitrogens is 1. The van der Waals surface area contributed by atoms with Gasteiger partial charge in [0.1, 0.15) is 0 Å². The monoisotopic (exact) mass is 354 g/mol. The third kappa shape index (κ3) is 3.10. The zero-order valence-electron chi connectivity index (χ0n) is 15.2. The molecule has 1 N–H and O–H groups in total. The second-order valence-electron chi connectivity index (χ2n) is 6.19. The van der Waals surface area contributed by atoms with Crippen molar-refractivity contribution in [3.63, 3.8) is 0 Å². The lowest BCUT2D eigenvalue weighted by molar-refractivity contribution is 0.280. The molecule has 0 spiro atoms. The van der Waals surface area contributed by atoms with Crippen LogP contribution in [0.2, 0.25) is 0 Å². The van der Waals surface area contributed by atoms with Crippen LogP contribution in [0.5, 0.6) is 17.4 Å². The second kappa shape index (κ2) is 7.47. The molecule has 3 aromatic rings. The highest BCUT2D eigenvalue weighted by atomic mass is 16.5. The molecule has 0 aliphatic carbocycles. The van der Waals surface area contributed by atoms with E-state index in [0.717, 1.165) is 16.6 Å². The van der Waals surface area contributed by atoms with Gasteiger partial charge in [0, 0.05) is 11.9 Å². The number of aryl methyl sites for hydroxylation is 3. The van der Waals surface area contributed by atoms with Gasteiger partial charge in [-0.2, -0.15) is 0 Å². The smallest absolute Gasteiger partial charge is 0.222 e. The summed E-state index contributed by atoms with van der Waals surface area (Å²) in [4.78, 5) is 11.2. The van der Waals surface area contributed by atoms with Gasteiger partial charge in [0.15, 0.2) is 17.2 Å². The standard InChI is InChI=1S/C20H22N2O4/c1-13-9-10-14(2)19-17(13)18(21-24)20(23)22(19)11-6-12-26-16-8-5-4-7-15(16)25-3/h4-5,7-10,23H,6,11-12H2,1-3H3. The lowest BCUT2D eigenvalue weighted by Crippen LogP contribution is -2.05. The van der Waals surface area contributed by atoms with Gasteiger partial charge in [0.25, 0.3) is 0 Å². The predicted molar refractivity (Wildman–Crippen MR) is 102 cm³/mol. The molecule has 0 saturated carbocycles. The summed E-state index contributed by atoms with van der Waals surface area (Å²) in [6.07, 6.45) is 0.654. The SMILES string of the molecule is COc1ccccc1OCCCn1c(O)c(N=O)c2c(C)ccc(C)c21. The van der Waals surface area contributed by atoms with Crippen molar-refractivity contribution in [1.29, 1.82) is 0 Å². The molecule has 3 rings (SSSR count). The highest BCUT2D eigenvalue weighted by Crippen LogP contribution is 2.41. The van der Waals surface area contributed by atoms with Crippen LogP contribution in [0.15, 0.2) is 41.6 Å². The van der Waals surface area contributed by atoms with Crippen molar-refractivity contribution in [3.05, 3.63) is 52.4 Å². The number of rotatable bonds is 7. The number of hydrogen-bond acceptors (Lipinski definition) is 5. The Morgan fingerprint density at radius 1 is 1.08 bits per heavy atom. The number of fused-ring (bicyclic) bond motifs is 1. The fourth-order valence-corrected chi connectivity index (χ4v) is 3.24. The second-order valence-corrected chi connectivity index (χ2v) is 6.19. The summed E-state index contributed by atoms with van der Waals surface area (Å²) >= 11 is 0. The summed E-state index contributed by atoms with van der Waals surface area (Å²) in [6, 6.07) is 11.4. The highest BCUT2D eigenvalue weighted by molar-refractivity contribution is 5.99. The van der Waals surface area contributed by atoms with E-state index in [4.69, 9.17) is 9.47 Å². The molecule has 0 aliphatic rings. The first-order chi connectivity index (χ1) is 12.6. The summed E-state index contributed by atoms with van der Waals surface area (Å²) in [7, 11) is 1.60. The van der Waals surface area contributed by atoms with Crippen molar-refractivity contribution >= 4 is 16.6 Å². The molecule has 0 radical (unpaired) electrons. The lowest BCUT2D eigenvalue weighted by atomic mass is 10.1. The molecule has 0 atom stereocenters. The van der Waals surface area contributed by atoms with E-state index in [1.807, 2.05) is 50.2 Å². The Bertz CT molecular complexity index is 947. The van der Waals surface area contributed by atoms with E-state index in [1.54, 1.807) is 11.7 Å². The Morgan fingerprint density at radius 3 is 2.46 bits per heavy atom. The Kier molecular flexibility index (Phi) is 5.11. The van der Waals surface area contributed by atoms with Crippen LogP contribution in [-0.2, 0) is 6.54 Å². The van der Waals surface area contributed by atoms with Crippen LogP contribution in [0.4, 0.5) is 5.69 Å². The van der Waals surface area contributed by atoms with Gasteiger partial charge in [0.2, 0.25) is 5.88 Å². The molecule has 6 nitrogen and oxygen atoms in total. The minimum atomic E-state index is -0.0929. The summed E-state index contributed by atoms with van der Waals surface area (Å²) in [5.41, 5.74) is 2.85. The topological polar surface area (TPSA) is 73.1 Å². The third-order valence-electron chi connectivity index (χ3n) is 4.51. The van der Waals surface area contributed by atoms with Crippen molar-refractivity contribution in [2.45, 2.75) is 26.8 Å². The maximum Gasteiger partial charge on any atom is 0.222 e. The third-order valence-corrected chi connectivity index (χ3v) is 4.51. The van der Waals surface area contributed by atoms with Crippen molar-refractivity contribution < 1.29 is 14.6 Å². The molecule has 0 bridgehead atoms. The summed E-state index contributed by atoms with van der Waals surface area (Å²) in [6.45, 7) is 4.83. The van der Waals surface area contributed by atoms with Gasteiger partial charge in [-0.1, -0.05) is 24.3 Å². The normalized spacial score (nSPS) is 10.9. The number of hydrogen-bond donors (Lipinski definition) is 1. The quantitative estimate of drug-likeness (QED) is 0.487. The fourth-order valence-electron chi connectivity index (χ4n) is 3.24. The van der Waals surface area contributed by atoms with E-state index >= 15 is 0 Å². The molecule has 26 heavy (non-hydrogen) atoms. The number of nitroso groups, excluding NO2 is 1. The van der Waals surface area contributed by atoms with Crippen LogP contribution >= 0.6 is 0 Å². The van der Waals surface area contributed by atoms with Gasteiger partial charge in [-0.15, -0.1) is 4.91 Å². The van der Waals surface area contributed by atoms with Crippen LogP contribution in [0.1, 0.15) is 17.5 Å². The molecular formula is C20H22N2O4. The maximum absolute atomic E-state index is 11.2. The zero-order chi connectivity index (χ0) is 18.7. The van der Waals surface area contributed by atoms with E-state index in [9.17, 15) is 10.0 Å². The molecule has 0 saturated heterocycles. The minimum Gasteiger partial charge on any atom is -0.493 e. The summed E-state index contributed by atoms with van der Waals surface area (Å²) in [5.74, 6) is 1.27. The molecule has 6 heteroatoms. The van der Waals surface area contributed by atoms with E-state index in [1.165, 1.54) is 0 Å².